The first kappa shape index (κ1) is 13.5. The zero-order valence-corrected chi connectivity index (χ0v) is 11.8. The van der Waals surface area contributed by atoms with Crippen molar-refractivity contribution in [2.24, 2.45) is 5.92 Å². The summed E-state index contributed by atoms with van der Waals surface area (Å²) in [5.41, 5.74) is 7.72. The molecule has 0 aliphatic heterocycles. The number of nitrogens with two attached hydrogens (primary N) is 1. The summed E-state index contributed by atoms with van der Waals surface area (Å²) in [5.74, 6) is 0.659. The number of halogens is 1. The maximum Gasteiger partial charge on any atom is 0.0751 e. The van der Waals surface area contributed by atoms with Gasteiger partial charge in [-0.3, -0.25) is 0 Å². The van der Waals surface area contributed by atoms with E-state index in [1.807, 2.05) is 18.2 Å². The first-order valence-electron chi connectivity index (χ1n) is 5.65. The third-order valence-electron chi connectivity index (χ3n) is 2.47. The monoisotopic (exact) mass is 285 g/mol. The van der Waals surface area contributed by atoms with E-state index in [0.29, 0.717) is 12.5 Å². The first-order chi connectivity index (χ1) is 7.50. The molecule has 0 radical (unpaired) electrons. The van der Waals surface area contributed by atoms with E-state index in [1.54, 1.807) is 0 Å². The minimum atomic E-state index is 0.270. The van der Waals surface area contributed by atoms with Gasteiger partial charge in [0, 0.05) is 15.7 Å². The summed E-state index contributed by atoms with van der Waals surface area (Å²) in [4.78, 5) is 0. The van der Waals surface area contributed by atoms with Crippen LogP contribution in [0.15, 0.2) is 22.7 Å². The predicted molar refractivity (Wildman–Crippen MR) is 72.3 cm³/mol. The number of rotatable bonds is 5. The van der Waals surface area contributed by atoms with Gasteiger partial charge in [0.05, 0.1) is 12.7 Å². The highest BCUT2D eigenvalue weighted by Gasteiger charge is 2.08. The van der Waals surface area contributed by atoms with Gasteiger partial charge >= 0.3 is 0 Å². The van der Waals surface area contributed by atoms with E-state index in [4.69, 9.17) is 10.5 Å². The molecule has 0 aliphatic carbocycles. The van der Waals surface area contributed by atoms with Gasteiger partial charge < -0.3 is 10.5 Å². The van der Waals surface area contributed by atoms with E-state index in [-0.39, 0.29) is 6.10 Å². The van der Waals surface area contributed by atoms with Crippen LogP contribution in [0.2, 0.25) is 0 Å². The van der Waals surface area contributed by atoms with Crippen LogP contribution in [-0.4, -0.2) is 6.10 Å². The van der Waals surface area contributed by atoms with Gasteiger partial charge in [0.25, 0.3) is 0 Å². The second-order valence-corrected chi connectivity index (χ2v) is 5.41. The molecule has 0 bridgehead atoms. The van der Waals surface area contributed by atoms with Crippen molar-refractivity contribution in [2.45, 2.75) is 39.9 Å². The second kappa shape index (κ2) is 6.26. The van der Waals surface area contributed by atoms with Crippen molar-refractivity contribution in [1.82, 2.24) is 0 Å². The molecule has 0 amide bonds. The Kier molecular flexibility index (Phi) is 5.29. The Morgan fingerprint density at radius 2 is 2.00 bits per heavy atom. The summed E-state index contributed by atoms with van der Waals surface area (Å²) in [6, 6.07) is 5.82. The van der Waals surface area contributed by atoms with E-state index in [9.17, 15) is 0 Å². The zero-order chi connectivity index (χ0) is 12.1. The molecule has 1 unspecified atom stereocenters. The Balaban J connectivity index is 2.54. The molecule has 0 spiro atoms. The maximum absolute atomic E-state index is 5.90. The lowest BCUT2D eigenvalue weighted by Crippen LogP contribution is -2.12. The average Bonchev–Trinajstić information content (AvgIpc) is 2.15. The quantitative estimate of drug-likeness (QED) is 0.831. The number of nitrogen functional groups attached to an aromatic ring is 1. The topological polar surface area (TPSA) is 35.2 Å². The molecule has 1 aromatic rings. The van der Waals surface area contributed by atoms with Crippen molar-refractivity contribution in [1.29, 1.82) is 0 Å². The Morgan fingerprint density at radius 3 is 2.56 bits per heavy atom. The molecule has 1 aromatic carbocycles. The Hall–Kier alpha value is -0.540. The molecule has 1 atom stereocenters. The van der Waals surface area contributed by atoms with Crippen LogP contribution in [0.25, 0.3) is 0 Å². The molecule has 0 saturated carbocycles. The van der Waals surface area contributed by atoms with Gasteiger partial charge in [0.15, 0.2) is 0 Å². The maximum atomic E-state index is 5.90. The van der Waals surface area contributed by atoms with Crippen LogP contribution < -0.4 is 5.73 Å². The molecule has 2 N–H and O–H groups in total. The van der Waals surface area contributed by atoms with Gasteiger partial charge in [-0.25, -0.2) is 0 Å². The smallest absolute Gasteiger partial charge is 0.0751 e. The van der Waals surface area contributed by atoms with Crippen LogP contribution in [0, 0.1) is 5.92 Å². The standard InChI is InChI=1S/C13H20BrNO/c1-9(2)7-10(3)16-8-11-12(14)5-4-6-13(11)15/h4-6,9-10H,7-8,15H2,1-3H3. The summed E-state index contributed by atoms with van der Waals surface area (Å²) in [5, 5.41) is 0. The molecule has 3 heteroatoms. The van der Waals surface area contributed by atoms with E-state index >= 15 is 0 Å². The molecule has 1 rings (SSSR count). The van der Waals surface area contributed by atoms with Crippen LogP contribution >= 0.6 is 15.9 Å². The highest BCUT2D eigenvalue weighted by molar-refractivity contribution is 9.10. The predicted octanol–water partition coefficient (Wildman–Crippen LogP) is 3.98. The van der Waals surface area contributed by atoms with E-state index < -0.39 is 0 Å². The number of ether oxygens (including phenoxy) is 1. The number of benzene rings is 1. The largest absolute Gasteiger partial charge is 0.398 e. The van der Waals surface area contributed by atoms with Crippen LogP contribution in [0.4, 0.5) is 5.69 Å². The lowest BCUT2D eigenvalue weighted by molar-refractivity contribution is 0.0397. The minimum Gasteiger partial charge on any atom is -0.398 e. The molecule has 0 heterocycles. The van der Waals surface area contributed by atoms with Crippen molar-refractivity contribution in [3.63, 3.8) is 0 Å². The van der Waals surface area contributed by atoms with Gasteiger partial charge in [-0.2, -0.15) is 0 Å². The Labute approximate surface area is 106 Å². The number of anilines is 1. The van der Waals surface area contributed by atoms with Gasteiger partial charge in [0.1, 0.15) is 0 Å². The fourth-order valence-electron chi connectivity index (χ4n) is 1.69. The van der Waals surface area contributed by atoms with Crippen molar-refractivity contribution < 1.29 is 4.74 Å². The van der Waals surface area contributed by atoms with E-state index in [2.05, 4.69) is 36.7 Å². The molecule has 2 nitrogen and oxygen atoms in total. The van der Waals surface area contributed by atoms with Crippen molar-refractivity contribution in [3.8, 4) is 0 Å². The minimum absolute atomic E-state index is 0.270. The third-order valence-corrected chi connectivity index (χ3v) is 3.21. The summed E-state index contributed by atoms with van der Waals surface area (Å²) < 4.78 is 6.81. The van der Waals surface area contributed by atoms with Crippen LogP contribution in [0.3, 0.4) is 0 Å². The molecular weight excluding hydrogens is 266 g/mol. The molecule has 0 aliphatic rings. The van der Waals surface area contributed by atoms with Gasteiger partial charge in [-0.15, -0.1) is 0 Å². The molecule has 0 fully saturated rings. The van der Waals surface area contributed by atoms with E-state index in [0.717, 1.165) is 22.1 Å². The fourth-order valence-corrected chi connectivity index (χ4v) is 2.18. The first-order valence-corrected chi connectivity index (χ1v) is 6.44. The van der Waals surface area contributed by atoms with Crippen LogP contribution in [0.5, 0.6) is 0 Å². The summed E-state index contributed by atoms with van der Waals surface area (Å²) >= 11 is 3.49. The molecular formula is C13H20BrNO. The lowest BCUT2D eigenvalue weighted by Gasteiger charge is -2.16. The SMILES string of the molecule is CC(C)CC(C)OCc1c(N)cccc1Br. The number of hydrogen-bond donors (Lipinski definition) is 1. The lowest BCUT2D eigenvalue weighted by atomic mass is 10.1. The summed E-state index contributed by atoms with van der Waals surface area (Å²) in [6.07, 6.45) is 1.34. The van der Waals surface area contributed by atoms with Crippen molar-refractivity contribution in [3.05, 3.63) is 28.2 Å². The fraction of sp³-hybridized carbons (Fsp3) is 0.538. The highest BCUT2D eigenvalue weighted by Crippen LogP contribution is 2.24. The highest BCUT2D eigenvalue weighted by atomic mass is 79.9. The van der Waals surface area contributed by atoms with Crippen molar-refractivity contribution >= 4 is 21.6 Å². The van der Waals surface area contributed by atoms with Crippen LogP contribution in [-0.2, 0) is 11.3 Å². The molecule has 16 heavy (non-hydrogen) atoms. The third kappa shape index (κ3) is 4.14. The average molecular weight is 286 g/mol. The van der Waals surface area contributed by atoms with Gasteiger partial charge in [-0.1, -0.05) is 35.8 Å². The van der Waals surface area contributed by atoms with Gasteiger partial charge in [-0.05, 0) is 31.4 Å². The Morgan fingerprint density at radius 1 is 1.31 bits per heavy atom. The second-order valence-electron chi connectivity index (χ2n) is 4.56. The molecule has 0 saturated heterocycles. The number of hydrogen-bond acceptors (Lipinski definition) is 2. The van der Waals surface area contributed by atoms with Crippen molar-refractivity contribution in [2.75, 3.05) is 5.73 Å². The summed E-state index contributed by atoms with van der Waals surface area (Å²) in [6.45, 7) is 7.08. The van der Waals surface area contributed by atoms with Gasteiger partial charge in [0.2, 0.25) is 0 Å². The normalized spacial score (nSPS) is 13.1. The molecule has 90 valence electrons. The molecule has 0 aromatic heterocycles. The summed E-state index contributed by atoms with van der Waals surface area (Å²) in [7, 11) is 0. The zero-order valence-electron chi connectivity index (χ0n) is 10.2. The van der Waals surface area contributed by atoms with E-state index in [1.165, 1.54) is 0 Å². The van der Waals surface area contributed by atoms with Crippen LogP contribution in [0.1, 0.15) is 32.8 Å². The Bertz CT molecular complexity index is 318.